The van der Waals surface area contributed by atoms with Gasteiger partial charge in [-0.2, -0.15) is 0 Å². The highest BCUT2D eigenvalue weighted by atomic mass is 35.5. The van der Waals surface area contributed by atoms with Gasteiger partial charge in [-0.05, 0) is 36.8 Å². The van der Waals surface area contributed by atoms with Crippen molar-refractivity contribution in [2.24, 2.45) is 5.14 Å². The lowest BCUT2D eigenvalue weighted by atomic mass is 10.2. The van der Waals surface area contributed by atoms with Crippen molar-refractivity contribution in [3.63, 3.8) is 0 Å². The zero-order chi connectivity index (χ0) is 14.9. The zero-order valence-electron chi connectivity index (χ0n) is 10.4. The molecule has 8 heteroatoms. The largest absolute Gasteiger partial charge is 0.438 e. The number of hydrogen-bond acceptors (Lipinski definition) is 4. The molecule has 0 aliphatic carbocycles. The van der Waals surface area contributed by atoms with Crippen molar-refractivity contribution < 1.29 is 17.6 Å². The van der Waals surface area contributed by atoms with Crippen LogP contribution in [0.25, 0.3) is 0 Å². The first-order valence-electron chi connectivity index (χ1n) is 5.48. The third kappa shape index (κ3) is 3.01. The average Bonchev–Trinajstić information content (AvgIpc) is 2.84. The number of anilines is 1. The minimum Gasteiger partial charge on any atom is -0.438 e. The van der Waals surface area contributed by atoms with Crippen LogP contribution in [0.4, 0.5) is 5.69 Å². The molecule has 1 aromatic heterocycles. The summed E-state index contributed by atoms with van der Waals surface area (Å²) in [6.45, 7) is 1.75. The van der Waals surface area contributed by atoms with Crippen molar-refractivity contribution in [1.29, 1.82) is 0 Å². The van der Waals surface area contributed by atoms with Gasteiger partial charge in [0.1, 0.15) is 0 Å². The molecule has 6 nitrogen and oxygen atoms in total. The van der Waals surface area contributed by atoms with Crippen LogP contribution >= 0.6 is 11.6 Å². The summed E-state index contributed by atoms with van der Waals surface area (Å²) in [6, 6.07) is 7.40. The predicted octanol–water partition coefficient (Wildman–Crippen LogP) is 2.14. The molecule has 0 fully saturated rings. The first kappa shape index (κ1) is 14.6. The maximum absolute atomic E-state index is 11.9. The lowest BCUT2D eigenvalue weighted by Gasteiger charge is -2.07. The number of amides is 1. The molecule has 20 heavy (non-hydrogen) atoms. The fraction of sp³-hybridized carbons (Fsp3) is 0.0833. The Morgan fingerprint density at radius 2 is 2.00 bits per heavy atom. The van der Waals surface area contributed by atoms with Crippen molar-refractivity contribution >= 4 is 33.2 Å². The normalized spacial score (nSPS) is 11.3. The molecule has 0 spiro atoms. The Bertz CT molecular complexity index is 768. The molecule has 1 heterocycles. The SMILES string of the molecule is Cc1c(Cl)cccc1NC(=O)c1ccc(S(N)(=O)=O)o1. The van der Waals surface area contributed by atoms with Gasteiger partial charge in [-0.3, -0.25) is 4.79 Å². The molecule has 0 aliphatic rings. The topological polar surface area (TPSA) is 102 Å². The van der Waals surface area contributed by atoms with Gasteiger partial charge in [0, 0.05) is 10.7 Å². The number of rotatable bonds is 3. The van der Waals surface area contributed by atoms with E-state index in [9.17, 15) is 13.2 Å². The lowest BCUT2D eigenvalue weighted by molar-refractivity contribution is 0.0991. The number of nitrogens with two attached hydrogens (primary N) is 1. The van der Waals surface area contributed by atoms with Gasteiger partial charge in [-0.1, -0.05) is 17.7 Å². The monoisotopic (exact) mass is 314 g/mol. The fourth-order valence-electron chi connectivity index (χ4n) is 1.52. The van der Waals surface area contributed by atoms with E-state index in [4.69, 9.17) is 21.2 Å². The fourth-order valence-corrected chi connectivity index (χ4v) is 2.16. The minimum absolute atomic E-state index is 0.159. The van der Waals surface area contributed by atoms with E-state index in [1.807, 2.05) is 0 Å². The van der Waals surface area contributed by atoms with Gasteiger partial charge < -0.3 is 9.73 Å². The second kappa shape index (κ2) is 5.28. The Kier molecular flexibility index (Phi) is 3.85. The standard InChI is InChI=1S/C12H11ClN2O4S/c1-7-8(13)3-2-4-9(7)15-12(16)10-5-6-11(19-10)20(14,17)18/h2-6H,1H3,(H,15,16)(H2,14,17,18). The van der Waals surface area contributed by atoms with E-state index >= 15 is 0 Å². The Balaban J connectivity index is 2.25. The third-order valence-corrected chi connectivity index (χ3v) is 3.79. The number of hydrogen-bond donors (Lipinski definition) is 2. The molecule has 0 unspecified atom stereocenters. The lowest BCUT2D eigenvalue weighted by Crippen LogP contribution is -2.13. The van der Waals surface area contributed by atoms with Gasteiger partial charge in [-0.15, -0.1) is 0 Å². The van der Waals surface area contributed by atoms with Crippen LogP contribution in [0, 0.1) is 6.92 Å². The van der Waals surface area contributed by atoms with Gasteiger partial charge in [0.25, 0.3) is 15.9 Å². The first-order chi connectivity index (χ1) is 9.29. The highest BCUT2D eigenvalue weighted by Gasteiger charge is 2.18. The van der Waals surface area contributed by atoms with Crippen LogP contribution in [-0.2, 0) is 10.0 Å². The Labute approximate surface area is 120 Å². The van der Waals surface area contributed by atoms with Crippen LogP contribution in [0.15, 0.2) is 39.8 Å². The summed E-state index contributed by atoms with van der Waals surface area (Å²) in [4.78, 5) is 11.9. The Hall–Kier alpha value is -1.83. The number of furan rings is 1. The Morgan fingerprint density at radius 3 is 2.60 bits per heavy atom. The number of nitrogens with one attached hydrogen (secondary N) is 1. The Morgan fingerprint density at radius 1 is 1.30 bits per heavy atom. The number of benzene rings is 1. The molecule has 2 aromatic rings. The quantitative estimate of drug-likeness (QED) is 0.905. The van der Waals surface area contributed by atoms with Crippen LogP contribution in [0.1, 0.15) is 16.1 Å². The number of primary sulfonamides is 1. The molecule has 0 aliphatic heterocycles. The summed E-state index contributed by atoms with van der Waals surface area (Å²) in [5, 5.41) is 7.52. The van der Waals surface area contributed by atoms with Crippen LogP contribution < -0.4 is 10.5 Å². The van der Waals surface area contributed by atoms with Gasteiger partial charge >= 0.3 is 0 Å². The van der Waals surface area contributed by atoms with Gasteiger partial charge in [0.2, 0.25) is 5.09 Å². The molecule has 0 saturated heterocycles. The summed E-state index contributed by atoms with van der Waals surface area (Å²) in [7, 11) is -3.97. The molecule has 1 aromatic carbocycles. The molecular weight excluding hydrogens is 304 g/mol. The highest BCUT2D eigenvalue weighted by Crippen LogP contribution is 2.23. The van der Waals surface area contributed by atoms with Gasteiger partial charge in [0.15, 0.2) is 5.76 Å². The van der Waals surface area contributed by atoms with Crippen molar-refractivity contribution in [3.05, 3.63) is 46.7 Å². The summed E-state index contributed by atoms with van der Waals surface area (Å²) >= 11 is 5.94. The smallest absolute Gasteiger partial charge is 0.291 e. The summed E-state index contributed by atoms with van der Waals surface area (Å²) in [6.07, 6.45) is 0. The second-order valence-electron chi connectivity index (χ2n) is 4.03. The molecule has 2 rings (SSSR count). The van der Waals surface area contributed by atoms with Gasteiger partial charge in [0.05, 0.1) is 0 Å². The summed E-state index contributed by atoms with van der Waals surface area (Å²) in [5.41, 5.74) is 1.21. The van der Waals surface area contributed by atoms with Gasteiger partial charge in [-0.25, -0.2) is 13.6 Å². The van der Waals surface area contributed by atoms with E-state index in [1.165, 1.54) is 6.07 Å². The van der Waals surface area contributed by atoms with Crippen molar-refractivity contribution in [1.82, 2.24) is 0 Å². The summed E-state index contributed by atoms with van der Waals surface area (Å²) < 4.78 is 27.0. The number of halogens is 1. The van der Waals surface area contributed by atoms with E-state index in [0.717, 1.165) is 6.07 Å². The van der Waals surface area contributed by atoms with Crippen LogP contribution in [0.3, 0.4) is 0 Å². The molecule has 0 radical (unpaired) electrons. The minimum atomic E-state index is -3.97. The summed E-state index contributed by atoms with van der Waals surface area (Å²) in [5.74, 6) is -0.751. The molecule has 106 valence electrons. The molecule has 3 N–H and O–H groups in total. The van der Waals surface area contributed by atoms with Crippen molar-refractivity contribution in [2.45, 2.75) is 12.0 Å². The van der Waals surface area contributed by atoms with E-state index in [0.29, 0.717) is 16.3 Å². The molecule has 1 amide bonds. The third-order valence-electron chi connectivity index (χ3n) is 2.60. The molecule has 0 bridgehead atoms. The number of sulfonamides is 1. The van der Waals surface area contributed by atoms with E-state index in [-0.39, 0.29) is 5.76 Å². The number of carbonyl (C=O) groups is 1. The zero-order valence-corrected chi connectivity index (χ0v) is 12.0. The van der Waals surface area contributed by atoms with Crippen LogP contribution in [0.2, 0.25) is 5.02 Å². The predicted molar refractivity (Wildman–Crippen MR) is 74.2 cm³/mol. The van der Waals surface area contributed by atoms with E-state index in [2.05, 4.69) is 5.32 Å². The molecule has 0 saturated carbocycles. The second-order valence-corrected chi connectivity index (χ2v) is 5.93. The van der Waals surface area contributed by atoms with E-state index < -0.39 is 21.0 Å². The molecular formula is C12H11ClN2O4S. The van der Waals surface area contributed by atoms with Crippen LogP contribution in [-0.4, -0.2) is 14.3 Å². The first-order valence-corrected chi connectivity index (χ1v) is 7.40. The maximum atomic E-state index is 11.9. The average molecular weight is 315 g/mol. The number of carbonyl (C=O) groups excluding carboxylic acids is 1. The highest BCUT2D eigenvalue weighted by molar-refractivity contribution is 7.89. The van der Waals surface area contributed by atoms with Crippen molar-refractivity contribution in [3.8, 4) is 0 Å². The molecule has 0 atom stereocenters. The van der Waals surface area contributed by atoms with Crippen LogP contribution in [0.5, 0.6) is 0 Å². The maximum Gasteiger partial charge on any atom is 0.291 e. The van der Waals surface area contributed by atoms with E-state index in [1.54, 1.807) is 25.1 Å². The van der Waals surface area contributed by atoms with Crippen molar-refractivity contribution in [2.75, 3.05) is 5.32 Å².